The van der Waals surface area contributed by atoms with Gasteiger partial charge in [-0.1, -0.05) is 17.9 Å². The number of esters is 1. The second-order valence-corrected chi connectivity index (χ2v) is 8.00. The third-order valence-electron chi connectivity index (χ3n) is 5.73. The lowest BCUT2D eigenvalue weighted by Gasteiger charge is -2.23. The van der Waals surface area contributed by atoms with Gasteiger partial charge >= 0.3 is 5.97 Å². The first-order valence-corrected chi connectivity index (χ1v) is 10.4. The molecule has 1 aromatic carbocycles. The number of carbonyl (C=O) groups is 2. The average molecular weight is 443 g/mol. The van der Waals surface area contributed by atoms with Gasteiger partial charge in [-0.05, 0) is 38.0 Å². The Bertz CT molecular complexity index is 1150. The molecule has 0 spiro atoms. The van der Waals surface area contributed by atoms with E-state index in [1.54, 1.807) is 38.2 Å². The molecule has 0 radical (unpaired) electrons. The van der Waals surface area contributed by atoms with E-state index in [9.17, 15) is 23.5 Å². The van der Waals surface area contributed by atoms with Gasteiger partial charge in [0.25, 0.3) is 11.8 Å². The van der Waals surface area contributed by atoms with Crippen molar-refractivity contribution in [2.45, 2.75) is 44.1 Å². The maximum Gasteiger partial charge on any atom is 0.359 e. The normalized spacial score (nSPS) is 21.7. The number of ether oxygens (including phenoxy) is 1. The van der Waals surface area contributed by atoms with Crippen molar-refractivity contribution in [1.29, 1.82) is 0 Å². The Morgan fingerprint density at radius 1 is 1.34 bits per heavy atom. The summed E-state index contributed by atoms with van der Waals surface area (Å²) in [7, 11) is 1.60. The molecule has 2 heterocycles. The maximum absolute atomic E-state index is 14.7. The lowest BCUT2D eigenvalue weighted by atomic mass is 9.92. The summed E-state index contributed by atoms with van der Waals surface area (Å²) in [5, 5.41) is 14.7. The number of likely N-dealkylation sites (tertiary alicyclic amines) is 1. The van der Waals surface area contributed by atoms with E-state index in [0.717, 1.165) is 0 Å². The number of alkyl halides is 2. The minimum Gasteiger partial charge on any atom is -0.461 e. The zero-order valence-corrected chi connectivity index (χ0v) is 17.8. The molecule has 1 atom stereocenters. The monoisotopic (exact) mass is 443 g/mol. The van der Waals surface area contributed by atoms with Crippen LogP contribution in [0.5, 0.6) is 0 Å². The standard InChI is InChI=1S/C23H23F2N3O4/c1-3-32-20(29)19-18-17(8-5-10-23(18,24)25)28(26-19)16-7-4-6-15(14-16)9-11-22(31)12-13-27(2)21(22)30/h4,6-7,14,31H,3,5,8,10,12-13H2,1-2H3/t22-/m0/s1. The molecule has 32 heavy (non-hydrogen) atoms. The van der Waals surface area contributed by atoms with Crippen LogP contribution in [-0.4, -0.2) is 57.5 Å². The molecule has 1 fully saturated rings. The Morgan fingerprint density at radius 2 is 2.12 bits per heavy atom. The molecule has 1 N–H and O–H groups in total. The fraction of sp³-hybridized carbons (Fsp3) is 0.435. The lowest BCUT2D eigenvalue weighted by Crippen LogP contribution is -2.37. The van der Waals surface area contributed by atoms with Gasteiger partial charge < -0.3 is 14.7 Å². The highest BCUT2D eigenvalue weighted by molar-refractivity contribution is 5.91. The minimum atomic E-state index is -3.18. The Morgan fingerprint density at radius 3 is 2.81 bits per heavy atom. The fourth-order valence-electron chi connectivity index (χ4n) is 4.09. The number of hydrogen-bond donors (Lipinski definition) is 1. The first-order chi connectivity index (χ1) is 15.2. The molecule has 2 aromatic rings. The molecule has 1 aliphatic heterocycles. The number of amides is 1. The number of carbonyl (C=O) groups excluding carboxylic acids is 2. The van der Waals surface area contributed by atoms with Crippen molar-refractivity contribution >= 4 is 11.9 Å². The van der Waals surface area contributed by atoms with E-state index >= 15 is 0 Å². The first-order valence-electron chi connectivity index (χ1n) is 10.4. The number of halogens is 2. The third-order valence-corrected chi connectivity index (χ3v) is 5.73. The van der Waals surface area contributed by atoms with E-state index < -0.39 is 23.4 Å². The number of aromatic nitrogens is 2. The van der Waals surface area contributed by atoms with Crippen LogP contribution in [0, 0.1) is 11.8 Å². The van der Waals surface area contributed by atoms with E-state index in [2.05, 4.69) is 16.9 Å². The van der Waals surface area contributed by atoms with Gasteiger partial charge in [-0.3, -0.25) is 4.79 Å². The van der Waals surface area contributed by atoms with E-state index in [1.807, 2.05) is 0 Å². The summed E-state index contributed by atoms with van der Waals surface area (Å²) in [6.07, 6.45) is 0.453. The zero-order valence-electron chi connectivity index (χ0n) is 17.8. The van der Waals surface area contributed by atoms with Gasteiger partial charge in [0.15, 0.2) is 5.69 Å². The molecule has 1 saturated heterocycles. The molecule has 168 valence electrons. The van der Waals surface area contributed by atoms with E-state index in [4.69, 9.17) is 4.74 Å². The van der Waals surface area contributed by atoms with Crippen LogP contribution in [-0.2, 0) is 21.9 Å². The Hall–Kier alpha value is -3.25. The summed E-state index contributed by atoms with van der Waals surface area (Å²) >= 11 is 0. The summed E-state index contributed by atoms with van der Waals surface area (Å²) in [6.45, 7) is 2.06. The Kier molecular flexibility index (Phi) is 5.51. The van der Waals surface area contributed by atoms with E-state index in [-0.39, 0.29) is 42.8 Å². The number of likely N-dealkylation sites (N-methyl/N-ethyl adjacent to an activating group) is 1. The van der Waals surface area contributed by atoms with Gasteiger partial charge in [-0.25, -0.2) is 18.3 Å². The second kappa shape index (κ2) is 8.02. The van der Waals surface area contributed by atoms with Gasteiger partial charge in [0.1, 0.15) is 0 Å². The number of nitrogens with zero attached hydrogens (tertiary/aromatic N) is 3. The van der Waals surface area contributed by atoms with Crippen LogP contribution in [0.2, 0.25) is 0 Å². The van der Waals surface area contributed by atoms with Crippen LogP contribution < -0.4 is 0 Å². The lowest BCUT2D eigenvalue weighted by molar-refractivity contribution is -0.137. The molecule has 9 heteroatoms. The quantitative estimate of drug-likeness (QED) is 0.582. The van der Waals surface area contributed by atoms with Crippen LogP contribution in [0.1, 0.15) is 53.5 Å². The molecular formula is C23H23F2N3O4. The zero-order chi connectivity index (χ0) is 23.1. The van der Waals surface area contributed by atoms with E-state index in [1.165, 1.54) is 9.58 Å². The summed E-state index contributed by atoms with van der Waals surface area (Å²) in [5.74, 6) is 0.930. The smallest absolute Gasteiger partial charge is 0.359 e. The molecule has 4 rings (SSSR count). The average Bonchev–Trinajstić information content (AvgIpc) is 3.28. The van der Waals surface area contributed by atoms with Crippen molar-refractivity contribution in [2.75, 3.05) is 20.2 Å². The van der Waals surface area contributed by atoms with Gasteiger partial charge in [-0.15, -0.1) is 0 Å². The summed E-state index contributed by atoms with van der Waals surface area (Å²) in [5.41, 5.74) is -1.31. The van der Waals surface area contributed by atoms with Crippen LogP contribution in [0.3, 0.4) is 0 Å². The predicted octanol–water partition coefficient (Wildman–Crippen LogP) is 2.42. The number of benzene rings is 1. The molecule has 1 aromatic heterocycles. The van der Waals surface area contributed by atoms with Crippen molar-refractivity contribution in [1.82, 2.24) is 14.7 Å². The number of fused-ring (bicyclic) bond motifs is 1. The SMILES string of the molecule is CCOC(=O)c1nn(-c2cccc(C#C[C@]3(O)CCN(C)C3=O)c2)c2c1C(F)(F)CCC2. The molecule has 0 unspecified atom stereocenters. The Balaban J connectivity index is 1.75. The highest BCUT2D eigenvalue weighted by atomic mass is 19.3. The maximum atomic E-state index is 14.7. The van der Waals surface area contributed by atoms with Gasteiger partial charge in [0.2, 0.25) is 5.60 Å². The molecular weight excluding hydrogens is 420 g/mol. The largest absolute Gasteiger partial charge is 0.461 e. The summed E-state index contributed by atoms with van der Waals surface area (Å²) < 4.78 is 35.7. The number of hydrogen-bond acceptors (Lipinski definition) is 5. The highest BCUT2D eigenvalue weighted by Crippen LogP contribution is 2.42. The van der Waals surface area contributed by atoms with Crippen molar-refractivity contribution in [3.63, 3.8) is 0 Å². The number of aliphatic hydroxyl groups is 1. The molecule has 1 aliphatic carbocycles. The predicted molar refractivity (Wildman–Crippen MR) is 110 cm³/mol. The van der Waals surface area contributed by atoms with Gasteiger partial charge in [0.05, 0.1) is 23.6 Å². The van der Waals surface area contributed by atoms with Crippen LogP contribution >= 0.6 is 0 Å². The van der Waals surface area contributed by atoms with Gasteiger partial charge in [-0.2, -0.15) is 5.10 Å². The highest BCUT2D eigenvalue weighted by Gasteiger charge is 2.45. The van der Waals surface area contributed by atoms with Crippen molar-refractivity contribution in [3.8, 4) is 17.5 Å². The molecule has 7 nitrogen and oxygen atoms in total. The molecule has 1 amide bonds. The van der Waals surface area contributed by atoms with Crippen molar-refractivity contribution < 1.29 is 28.2 Å². The van der Waals surface area contributed by atoms with Crippen LogP contribution in [0.25, 0.3) is 5.69 Å². The van der Waals surface area contributed by atoms with Crippen LogP contribution in [0.4, 0.5) is 8.78 Å². The summed E-state index contributed by atoms with van der Waals surface area (Å²) in [6, 6.07) is 6.64. The molecule has 0 saturated carbocycles. The first kappa shape index (κ1) is 22.0. The van der Waals surface area contributed by atoms with Gasteiger partial charge in [0, 0.05) is 32.0 Å². The molecule has 2 aliphatic rings. The van der Waals surface area contributed by atoms with E-state index in [0.29, 0.717) is 24.2 Å². The van der Waals surface area contributed by atoms with Crippen molar-refractivity contribution in [2.24, 2.45) is 0 Å². The summed E-state index contributed by atoms with van der Waals surface area (Å²) in [4.78, 5) is 25.9. The number of rotatable bonds is 3. The Labute approximate surface area is 184 Å². The molecule has 0 bridgehead atoms. The fourth-order valence-corrected chi connectivity index (χ4v) is 4.09. The van der Waals surface area contributed by atoms with Crippen LogP contribution in [0.15, 0.2) is 24.3 Å². The topological polar surface area (TPSA) is 84.7 Å². The third kappa shape index (κ3) is 3.75. The minimum absolute atomic E-state index is 0.0495. The second-order valence-electron chi connectivity index (χ2n) is 8.00. The van der Waals surface area contributed by atoms with Crippen molar-refractivity contribution in [3.05, 3.63) is 46.8 Å².